The number of aromatic nitrogens is 16. The van der Waals surface area contributed by atoms with Crippen molar-refractivity contribution in [1.29, 1.82) is 0 Å². The number of tetrazole rings is 4. The summed E-state index contributed by atoms with van der Waals surface area (Å²) in [6, 6.07) is 38.5. The van der Waals surface area contributed by atoms with E-state index in [-0.39, 0.29) is 53.4 Å². The second-order valence-electron chi connectivity index (χ2n) is 23.5. The number of nitrogens with zero attached hydrogens (tertiary/aromatic N) is 16. The number of nitro benzene ring substituents is 1. The number of benzene rings is 6. The van der Waals surface area contributed by atoms with Crippen LogP contribution in [0.25, 0.3) is 45.6 Å². The Labute approximate surface area is 564 Å². The van der Waals surface area contributed by atoms with Gasteiger partial charge in [0, 0.05) is 48.4 Å². The number of methoxy groups -OCH3 is 2. The van der Waals surface area contributed by atoms with E-state index in [0.29, 0.717) is 58.5 Å². The molecule has 1 saturated heterocycles. The minimum Gasteiger partial charge on any atom is -0.450 e. The number of alkyl halides is 6. The number of halogens is 6. The van der Waals surface area contributed by atoms with Gasteiger partial charge in [0.25, 0.3) is 5.69 Å². The van der Waals surface area contributed by atoms with E-state index in [1.54, 1.807) is 48.1 Å². The van der Waals surface area contributed by atoms with E-state index in [0.717, 1.165) is 117 Å². The first-order valence-corrected chi connectivity index (χ1v) is 31.6. The zero-order chi connectivity index (χ0) is 69.3. The SMILES string of the molecule is C1CC2OC2C1.COC1CCCC1n1nnc(-c2ccccc2Cc2ccc(C(F)(F)F)cc2)n1.COC1CCCC1n1nnc(-c2ccccc2N)n1.Nc1ccccc1-c1nnn(C2CCCC2O)n1.O.O=[N+]([O-])c1ccccc1-c1nn[nH]n1.O[B]c1ccc(C(F)(F)F)cc1. The zero-order valence-corrected chi connectivity index (χ0v) is 53.8. The summed E-state index contributed by atoms with van der Waals surface area (Å²) < 4.78 is 90.3. The number of aromatic amines is 1. The molecule has 5 aliphatic rings. The maximum absolute atomic E-state index is 12.8. The number of H-pyrrole nitrogens is 1. The molecule has 9 N–H and O–H groups in total. The van der Waals surface area contributed by atoms with Crippen LogP contribution in [0.2, 0.25) is 0 Å². The van der Waals surface area contributed by atoms with E-state index in [4.69, 9.17) is 30.7 Å². The highest BCUT2D eigenvalue weighted by Crippen LogP contribution is 2.39. The lowest BCUT2D eigenvalue weighted by molar-refractivity contribution is -0.384. The standard InChI is InChI=1S/C21H21F3N4O.C13H17N5O.C12H15N5O.C7H5BF3O.C7H5N5O2.C5H8O.H2O/c1-29-19-8-4-7-18(19)28-26-20(25-27-28)17-6-3-2-5-15(17)13-14-9-11-16(12-10-14)21(22,23)24;1-19-12-8-4-7-11(12)18-16-13(15-17-18)9-5-2-3-6-10(9)14;13-9-5-2-1-4-8(9)12-14-16-17(15-12)10-6-3-7-11(10)18;9-7(10,11)5-1-3-6(8-12)4-2-5;13-12(14)6-4-2-1-3-5(6)7-8-10-11-9-7;1-2-4-5(3-1)6-4;/h2-3,5-6,9-12,18-19H,4,7-8,13H2,1H3;2-3,5-6,11-12H,4,7-8,14H2,1H3;1-2,4-5,10-11,18H,3,6-7,13H2;1-4,12H;1-4H,(H,8,9,10,11);4-5H,1-3H2;1H2. The van der Waals surface area contributed by atoms with Crippen LogP contribution in [-0.4, -0.2) is 154 Å². The number of nitrogens with two attached hydrogens (primary N) is 2. The topological polar surface area (TPSA) is 383 Å². The third-order valence-corrected chi connectivity index (χ3v) is 17.1. The van der Waals surface area contributed by atoms with Gasteiger partial charge in [-0.1, -0.05) is 103 Å². The summed E-state index contributed by atoms with van der Waals surface area (Å²) in [6.07, 6.45) is 6.11. The summed E-state index contributed by atoms with van der Waals surface area (Å²) in [4.78, 5) is 15.0. The summed E-state index contributed by atoms with van der Waals surface area (Å²) >= 11 is 0. The lowest BCUT2D eigenvalue weighted by atomic mass is 9.88. The number of anilines is 2. The summed E-state index contributed by atoms with van der Waals surface area (Å²) in [5.74, 6) is 1.80. The molecular formula is C65H73BF6N19O8. The van der Waals surface area contributed by atoms with Crippen LogP contribution in [0.15, 0.2) is 146 Å². The van der Waals surface area contributed by atoms with Crippen molar-refractivity contribution in [1.82, 2.24) is 81.2 Å². The highest BCUT2D eigenvalue weighted by atomic mass is 19.4. The molecule has 5 fully saturated rings. The fourth-order valence-electron chi connectivity index (χ4n) is 11.9. The molecule has 0 amide bonds. The number of hydrogen-bond donors (Lipinski definition) is 5. The lowest BCUT2D eigenvalue weighted by Gasteiger charge is -2.16. The average molecular weight is 1370 g/mol. The molecule has 521 valence electrons. The molecule has 4 saturated carbocycles. The molecule has 10 aromatic rings. The summed E-state index contributed by atoms with van der Waals surface area (Å²) in [5.41, 5.74) is 16.5. The van der Waals surface area contributed by atoms with E-state index in [1.807, 2.05) is 66.7 Å². The first-order chi connectivity index (χ1) is 47.3. The molecule has 34 heteroatoms. The number of hydrogen-bond acceptors (Lipinski definition) is 21. The van der Waals surface area contributed by atoms with E-state index in [9.17, 15) is 41.6 Å². The second-order valence-corrected chi connectivity index (χ2v) is 23.5. The quantitative estimate of drug-likeness (QED) is 0.0179. The molecule has 15 rings (SSSR count). The molecule has 1 radical (unpaired) electrons. The number of epoxide rings is 1. The predicted molar refractivity (Wildman–Crippen MR) is 351 cm³/mol. The fraction of sp³-hybridized carbons (Fsp3) is 0.385. The maximum atomic E-state index is 12.8. The molecule has 0 bridgehead atoms. The smallest absolute Gasteiger partial charge is 0.416 e. The normalized spacial score (nSPS) is 20.3. The first-order valence-electron chi connectivity index (χ1n) is 31.6. The minimum absolute atomic E-state index is 0. The van der Waals surface area contributed by atoms with Crippen molar-refractivity contribution in [3.05, 3.63) is 178 Å². The lowest BCUT2D eigenvalue weighted by Crippen LogP contribution is -2.22. The van der Waals surface area contributed by atoms with Crippen molar-refractivity contribution in [3.8, 4) is 45.6 Å². The molecule has 8 atom stereocenters. The van der Waals surface area contributed by atoms with Gasteiger partial charge in [-0.15, -0.1) is 40.8 Å². The highest BCUT2D eigenvalue weighted by Gasteiger charge is 2.42. The number of aliphatic hydroxyl groups excluding tert-OH is 1. The summed E-state index contributed by atoms with van der Waals surface area (Å²) in [7, 11) is 4.18. The van der Waals surface area contributed by atoms with Crippen LogP contribution >= 0.6 is 0 Å². The van der Waals surface area contributed by atoms with Gasteiger partial charge < -0.3 is 41.3 Å². The van der Waals surface area contributed by atoms with Gasteiger partial charge in [-0.2, -0.15) is 45.9 Å². The Morgan fingerprint density at radius 1 is 0.566 bits per heavy atom. The number of nitrogens with one attached hydrogen (secondary N) is 1. The Balaban J connectivity index is 0.000000145. The Morgan fingerprint density at radius 2 is 1.00 bits per heavy atom. The van der Waals surface area contributed by atoms with Crippen molar-refractivity contribution in [2.24, 2.45) is 0 Å². The molecule has 99 heavy (non-hydrogen) atoms. The number of rotatable bonds is 13. The Kier molecular flexibility index (Phi) is 25.1. The molecule has 4 aliphatic carbocycles. The number of fused-ring (bicyclic) bond motifs is 1. The molecule has 4 aromatic heterocycles. The molecule has 8 unspecified atom stereocenters. The average Bonchev–Trinajstić information content (AvgIpc) is 1.76. The summed E-state index contributed by atoms with van der Waals surface area (Å²) in [6.45, 7) is 0. The van der Waals surface area contributed by atoms with Gasteiger partial charge in [0.15, 0.2) is 0 Å². The van der Waals surface area contributed by atoms with Crippen LogP contribution < -0.4 is 16.9 Å². The zero-order valence-electron chi connectivity index (χ0n) is 53.8. The third kappa shape index (κ3) is 19.2. The third-order valence-electron chi connectivity index (χ3n) is 17.1. The summed E-state index contributed by atoms with van der Waals surface area (Å²) in [5, 5.41) is 79.9. The minimum atomic E-state index is -4.33. The maximum Gasteiger partial charge on any atom is 0.416 e. The number of para-hydroxylation sites is 3. The van der Waals surface area contributed by atoms with Gasteiger partial charge in [-0.3, -0.25) is 10.1 Å². The first kappa shape index (κ1) is 73.3. The van der Waals surface area contributed by atoms with Gasteiger partial charge in [-0.05, 0) is 158 Å². The van der Waals surface area contributed by atoms with E-state index in [2.05, 4.69) is 66.9 Å². The van der Waals surface area contributed by atoms with Crippen LogP contribution in [-0.2, 0) is 33.0 Å². The van der Waals surface area contributed by atoms with Crippen LogP contribution in [0.5, 0.6) is 0 Å². The number of aliphatic hydroxyl groups is 1. The second kappa shape index (κ2) is 34.0. The number of ether oxygens (including phenoxy) is 3. The van der Waals surface area contributed by atoms with Crippen LogP contribution in [0.1, 0.15) is 117 Å². The van der Waals surface area contributed by atoms with Crippen molar-refractivity contribution < 1.29 is 61.1 Å². The van der Waals surface area contributed by atoms with E-state index >= 15 is 0 Å². The Morgan fingerprint density at radius 3 is 1.42 bits per heavy atom. The largest absolute Gasteiger partial charge is 0.450 e. The van der Waals surface area contributed by atoms with Gasteiger partial charge in [0.1, 0.15) is 5.56 Å². The monoisotopic (exact) mass is 1370 g/mol. The predicted octanol–water partition coefficient (Wildman–Crippen LogP) is 9.19. The van der Waals surface area contributed by atoms with Gasteiger partial charge in [0.2, 0.25) is 23.3 Å². The fourth-order valence-corrected chi connectivity index (χ4v) is 11.9. The molecule has 5 heterocycles. The van der Waals surface area contributed by atoms with Crippen molar-refractivity contribution in [2.75, 3.05) is 25.7 Å². The molecular weight excluding hydrogens is 1300 g/mol. The van der Waals surface area contributed by atoms with Crippen molar-refractivity contribution in [3.63, 3.8) is 0 Å². The molecule has 27 nitrogen and oxygen atoms in total. The van der Waals surface area contributed by atoms with Gasteiger partial charge >= 0.3 is 19.8 Å². The number of nitro groups is 1. The molecule has 1 aliphatic heterocycles. The molecule has 6 aromatic carbocycles. The Bertz CT molecular complexity index is 4140. The highest BCUT2D eigenvalue weighted by molar-refractivity contribution is 6.45. The van der Waals surface area contributed by atoms with Gasteiger partial charge in [0.05, 0.1) is 64.7 Å². The van der Waals surface area contributed by atoms with Crippen LogP contribution in [0, 0.1) is 10.1 Å². The van der Waals surface area contributed by atoms with Crippen molar-refractivity contribution >= 4 is 30.0 Å². The number of nitrogen functional groups attached to an aromatic ring is 2. The van der Waals surface area contributed by atoms with Crippen LogP contribution in [0.4, 0.5) is 43.4 Å². The van der Waals surface area contributed by atoms with Crippen molar-refractivity contribution in [2.45, 2.75) is 144 Å². The van der Waals surface area contributed by atoms with E-state index < -0.39 is 28.4 Å². The van der Waals surface area contributed by atoms with Gasteiger partial charge in [-0.25, -0.2) is 0 Å². The molecule has 0 spiro atoms. The Hall–Kier alpha value is -10.00. The van der Waals surface area contributed by atoms with Crippen LogP contribution in [0.3, 0.4) is 0 Å². The van der Waals surface area contributed by atoms with E-state index in [1.165, 1.54) is 54.4 Å².